The zero-order valence-corrected chi connectivity index (χ0v) is 16.6. The van der Waals surface area contributed by atoms with Crippen molar-refractivity contribution in [2.75, 3.05) is 5.32 Å². The number of halogens is 1. The van der Waals surface area contributed by atoms with Gasteiger partial charge in [0.25, 0.3) is 5.54 Å². The van der Waals surface area contributed by atoms with Crippen LogP contribution in [-0.2, 0) is 9.53 Å². The van der Waals surface area contributed by atoms with Crippen molar-refractivity contribution in [2.24, 2.45) is 0 Å². The van der Waals surface area contributed by atoms with E-state index in [1.807, 2.05) is 0 Å². The number of nitrogens with zero attached hydrogens (tertiary/aromatic N) is 2. The molecule has 26 heavy (non-hydrogen) atoms. The number of thiazole rings is 1. The summed E-state index contributed by atoms with van der Waals surface area (Å²) < 4.78 is 6.24. The number of carbonyl (C=O) groups excluding carboxylic acids is 2. The molecule has 0 bridgehead atoms. The van der Waals surface area contributed by atoms with Crippen molar-refractivity contribution in [1.82, 2.24) is 4.98 Å². The van der Waals surface area contributed by atoms with Gasteiger partial charge < -0.3 is 10.1 Å². The number of benzene rings is 1. The molecule has 0 spiro atoms. The molecule has 0 radical (unpaired) electrons. The van der Waals surface area contributed by atoms with Gasteiger partial charge in [0.15, 0.2) is 16.9 Å². The van der Waals surface area contributed by atoms with Crippen LogP contribution in [0.3, 0.4) is 0 Å². The van der Waals surface area contributed by atoms with Crippen LogP contribution in [0.4, 0.5) is 5.13 Å². The lowest BCUT2D eigenvalue weighted by Crippen LogP contribution is -2.40. The third kappa shape index (κ3) is 4.64. The average molecular weight is 442 g/mol. The largest absolute Gasteiger partial charge is 0.445 e. The van der Waals surface area contributed by atoms with Crippen LogP contribution < -0.4 is 5.32 Å². The summed E-state index contributed by atoms with van der Waals surface area (Å²) in [5.74, 6) is -1.12. The lowest BCUT2D eigenvalue weighted by atomic mass is 9.92. The van der Waals surface area contributed by atoms with Crippen LogP contribution in [0.25, 0.3) is 0 Å². The molecule has 10 heteroatoms. The summed E-state index contributed by atoms with van der Waals surface area (Å²) in [7, 11) is 0. The number of anilines is 1. The summed E-state index contributed by atoms with van der Waals surface area (Å²) >= 11 is 4.36. The molecule has 1 aromatic heterocycles. The molecule has 0 aliphatic carbocycles. The van der Waals surface area contributed by atoms with Gasteiger partial charge in [0, 0.05) is 35.5 Å². The molecular formula is C16H16BrN3O5S. The molecule has 0 saturated heterocycles. The first-order chi connectivity index (χ1) is 12.1. The van der Waals surface area contributed by atoms with Crippen LogP contribution in [0.5, 0.6) is 0 Å². The monoisotopic (exact) mass is 441 g/mol. The summed E-state index contributed by atoms with van der Waals surface area (Å²) in [6.45, 7) is 4.09. The number of hydrogen-bond donors (Lipinski definition) is 1. The fourth-order valence-electron chi connectivity index (χ4n) is 2.10. The second kappa shape index (κ2) is 7.92. The van der Waals surface area contributed by atoms with E-state index in [1.54, 1.807) is 24.3 Å². The number of hydrogen-bond acceptors (Lipinski definition) is 7. The maximum Gasteiger partial charge on any atom is 0.358 e. The first kappa shape index (κ1) is 20.0. The number of rotatable bonds is 6. The first-order valence-corrected chi connectivity index (χ1v) is 9.12. The van der Waals surface area contributed by atoms with Gasteiger partial charge in [-0.25, -0.2) is 9.78 Å². The van der Waals surface area contributed by atoms with Crippen molar-refractivity contribution < 1.29 is 19.2 Å². The number of nitrogens with one attached hydrogen (secondary N) is 1. The van der Waals surface area contributed by atoms with E-state index in [0.29, 0.717) is 5.56 Å². The SMILES string of the molecule is CC(=O)Nc1nc(C(=O)O[C@@H](c2ccc(Br)cc2)C(C)(C)[N+](=O)[O-])cs1. The zero-order valence-electron chi connectivity index (χ0n) is 14.2. The Morgan fingerprint density at radius 3 is 2.50 bits per heavy atom. The molecule has 1 N–H and O–H groups in total. The quantitative estimate of drug-likeness (QED) is 0.414. The summed E-state index contributed by atoms with van der Waals surface area (Å²) in [6.07, 6.45) is -1.12. The molecule has 0 aliphatic rings. The van der Waals surface area contributed by atoms with Crippen LogP contribution in [0, 0.1) is 10.1 Å². The molecule has 1 heterocycles. The molecule has 1 amide bonds. The van der Waals surface area contributed by atoms with Crippen LogP contribution in [0.2, 0.25) is 0 Å². The van der Waals surface area contributed by atoms with Gasteiger partial charge in [-0.2, -0.15) is 0 Å². The number of ether oxygens (including phenoxy) is 1. The van der Waals surface area contributed by atoms with Gasteiger partial charge in [-0.05, 0) is 17.7 Å². The summed E-state index contributed by atoms with van der Waals surface area (Å²) in [6, 6.07) is 6.72. The van der Waals surface area contributed by atoms with Crippen molar-refractivity contribution in [3.05, 3.63) is 55.5 Å². The molecule has 2 aromatic rings. The molecule has 8 nitrogen and oxygen atoms in total. The van der Waals surface area contributed by atoms with Gasteiger partial charge in [0.05, 0.1) is 0 Å². The van der Waals surface area contributed by atoms with E-state index < -0.39 is 22.5 Å². The second-order valence-corrected chi connectivity index (χ2v) is 7.74. The highest BCUT2D eigenvalue weighted by molar-refractivity contribution is 9.10. The highest BCUT2D eigenvalue weighted by Crippen LogP contribution is 2.33. The number of aromatic nitrogens is 1. The Hall–Kier alpha value is -2.33. The van der Waals surface area contributed by atoms with Gasteiger partial charge in [0.2, 0.25) is 5.91 Å². The molecule has 0 aliphatic heterocycles. The van der Waals surface area contributed by atoms with Crippen molar-refractivity contribution in [2.45, 2.75) is 32.4 Å². The number of carbonyl (C=O) groups is 2. The van der Waals surface area contributed by atoms with E-state index in [1.165, 1.54) is 26.2 Å². The molecule has 0 unspecified atom stereocenters. The predicted octanol–water partition coefficient (Wildman–Crippen LogP) is 3.82. The number of nitro groups is 1. The highest BCUT2D eigenvalue weighted by Gasteiger charge is 2.45. The molecule has 1 aromatic carbocycles. The van der Waals surface area contributed by atoms with Gasteiger partial charge in [-0.1, -0.05) is 28.1 Å². The summed E-state index contributed by atoms with van der Waals surface area (Å²) in [4.78, 5) is 38.5. The normalized spacial score (nSPS) is 12.3. The van der Waals surface area contributed by atoms with E-state index in [0.717, 1.165) is 15.8 Å². The van der Waals surface area contributed by atoms with Crippen molar-refractivity contribution in [3.63, 3.8) is 0 Å². The van der Waals surface area contributed by atoms with Crippen molar-refractivity contribution in [3.8, 4) is 0 Å². The Bertz CT molecular complexity index is 835. The molecular weight excluding hydrogens is 426 g/mol. The number of amides is 1. The fourth-order valence-corrected chi connectivity index (χ4v) is 3.09. The van der Waals surface area contributed by atoms with Crippen LogP contribution in [0.1, 0.15) is 42.9 Å². The topological polar surface area (TPSA) is 111 Å². The predicted molar refractivity (Wildman–Crippen MR) is 99.8 cm³/mol. The Kier molecular flexibility index (Phi) is 6.09. The van der Waals surface area contributed by atoms with E-state index in [2.05, 4.69) is 26.2 Å². The van der Waals surface area contributed by atoms with E-state index in [9.17, 15) is 19.7 Å². The summed E-state index contributed by atoms with van der Waals surface area (Å²) in [5.41, 5.74) is -1.10. The van der Waals surface area contributed by atoms with Gasteiger partial charge in [0.1, 0.15) is 0 Å². The van der Waals surface area contributed by atoms with Crippen LogP contribution in [0.15, 0.2) is 34.1 Å². The lowest BCUT2D eigenvalue weighted by Gasteiger charge is -2.26. The minimum Gasteiger partial charge on any atom is -0.445 e. The molecule has 2 rings (SSSR count). The average Bonchev–Trinajstić information content (AvgIpc) is 3.01. The smallest absolute Gasteiger partial charge is 0.358 e. The summed E-state index contributed by atoms with van der Waals surface area (Å²) in [5, 5.41) is 15.6. The van der Waals surface area contributed by atoms with Crippen molar-refractivity contribution in [1.29, 1.82) is 0 Å². The third-order valence-electron chi connectivity index (χ3n) is 3.51. The maximum atomic E-state index is 12.4. The Labute approximate surface area is 161 Å². The van der Waals surface area contributed by atoms with E-state index in [4.69, 9.17) is 4.74 Å². The van der Waals surface area contributed by atoms with Gasteiger partial charge >= 0.3 is 5.97 Å². The van der Waals surface area contributed by atoms with Gasteiger partial charge in [-0.15, -0.1) is 11.3 Å². The number of esters is 1. The highest BCUT2D eigenvalue weighted by atomic mass is 79.9. The standard InChI is InChI=1S/C16H16BrN3O5S/c1-9(21)18-15-19-12(8-26-15)14(22)25-13(16(2,3)20(23)24)10-4-6-11(17)7-5-10/h4-8,13H,1-3H3,(H,18,19,21)/t13-/m0/s1. The molecule has 138 valence electrons. The van der Waals surface area contributed by atoms with Gasteiger partial charge in [-0.3, -0.25) is 14.9 Å². The minimum absolute atomic E-state index is 0.0278. The molecule has 0 saturated carbocycles. The van der Waals surface area contributed by atoms with E-state index >= 15 is 0 Å². The third-order valence-corrected chi connectivity index (χ3v) is 4.79. The first-order valence-electron chi connectivity index (χ1n) is 7.45. The Morgan fingerprint density at radius 1 is 1.35 bits per heavy atom. The van der Waals surface area contributed by atoms with Crippen molar-refractivity contribution >= 4 is 44.3 Å². The minimum atomic E-state index is -1.56. The zero-order chi connectivity index (χ0) is 19.5. The lowest BCUT2D eigenvalue weighted by molar-refractivity contribution is -0.574. The van der Waals surface area contributed by atoms with Crippen LogP contribution in [-0.4, -0.2) is 27.3 Å². The van der Waals surface area contributed by atoms with E-state index in [-0.39, 0.29) is 16.7 Å². The Morgan fingerprint density at radius 2 is 1.96 bits per heavy atom. The Balaban J connectivity index is 2.30. The maximum absolute atomic E-state index is 12.4. The fraction of sp³-hybridized carbons (Fsp3) is 0.312. The van der Waals surface area contributed by atoms with Crippen LogP contribution >= 0.6 is 27.3 Å². The molecule has 0 fully saturated rings. The molecule has 1 atom stereocenters. The second-order valence-electron chi connectivity index (χ2n) is 5.97.